The van der Waals surface area contributed by atoms with Gasteiger partial charge in [0.15, 0.2) is 5.78 Å². The number of allylic oxidation sites excluding steroid dienone is 2. The zero-order valence-electron chi connectivity index (χ0n) is 13.2. The van der Waals surface area contributed by atoms with E-state index in [0.717, 1.165) is 22.6 Å². The predicted molar refractivity (Wildman–Crippen MR) is 99.5 cm³/mol. The molecule has 5 nitrogen and oxygen atoms in total. The molecule has 126 valence electrons. The highest BCUT2D eigenvalue weighted by Crippen LogP contribution is 2.47. The SMILES string of the molecule is O=C1CC(c2cccs2)CC2=C1C(c1cccs1)c1c([nH][nH]c1=O)N2. The van der Waals surface area contributed by atoms with Gasteiger partial charge in [-0.25, -0.2) is 0 Å². The lowest BCUT2D eigenvalue weighted by molar-refractivity contribution is -0.116. The van der Waals surface area contributed by atoms with E-state index in [1.54, 1.807) is 22.7 Å². The minimum absolute atomic E-state index is 0.136. The summed E-state index contributed by atoms with van der Waals surface area (Å²) in [5, 5.41) is 12.9. The minimum Gasteiger partial charge on any atom is -0.343 e. The Morgan fingerprint density at radius 1 is 0.960 bits per heavy atom. The maximum Gasteiger partial charge on any atom is 0.270 e. The average molecular weight is 369 g/mol. The van der Waals surface area contributed by atoms with Crippen LogP contribution < -0.4 is 10.9 Å². The summed E-state index contributed by atoms with van der Waals surface area (Å²) in [4.78, 5) is 27.7. The van der Waals surface area contributed by atoms with Crippen molar-refractivity contribution in [3.63, 3.8) is 0 Å². The molecule has 0 amide bonds. The third-order valence-corrected chi connectivity index (χ3v) is 6.92. The molecule has 7 heteroatoms. The second kappa shape index (κ2) is 5.57. The first-order valence-electron chi connectivity index (χ1n) is 8.13. The van der Waals surface area contributed by atoms with Gasteiger partial charge in [0.1, 0.15) is 5.82 Å². The van der Waals surface area contributed by atoms with Crippen molar-refractivity contribution >= 4 is 34.3 Å². The van der Waals surface area contributed by atoms with E-state index in [1.807, 2.05) is 29.0 Å². The molecule has 4 heterocycles. The number of nitrogens with one attached hydrogen (secondary N) is 3. The van der Waals surface area contributed by atoms with Gasteiger partial charge in [-0.2, -0.15) is 0 Å². The lowest BCUT2D eigenvalue weighted by Crippen LogP contribution is -2.31. The van der Waals surface area contributed by atoms with E-state index >= 15 is 0 Å². The van der Waals surface area contributed by atoms with E-state index in [4.69, 9.17) is 0 Å². The van der Waals surface area contributed by atoms with Crippen molar-refractivity contribution in [3.05, 3.63) is 72.0 Å². The lowest BCUT2D eigenvalue weighted by Gasteiger charge is -2.33. The molecular weight excluding hydrogens is 354 g/mol. The van der Waals surface area contributed by atoms with Crippen LogP contribution in [0, 0.1) is 0 Å². The first-order valence-corrected chi connectivity index (χ1v) is 9.89. The van der Waals surface area contributed by atoms with Crippen LogP contribution in [-0.4, -0.2) is 16.0 Å². The van der Waals surface area contributed by atoms with E-state index in [2.05, 4.69) is 21.6 Å². The molecule has 1 aliphatic heterocycles. The first-order chi connectivity index (χ1) is 12.2. The Morgan fingerprint density at radius 3 is 2.44 bits per heavy atom. The molecule has 3 aromatic heterocycles. The Labute approximate surface area is 151 Å². The Bertz CT molecular complexity index is 1030. The van der Waals surface area contributed by atoms with Crippen molar-refractivity contribution in [2.75, 3.05) is 5.32 Å². The fraction of sp³-hybridized carbons (Fsp3) is 0.222. The van der Waals surface area contributed by atoms with Crippen LogP contribution in [0.3, 0.4) is 0 Å². The highest BCUT2D eigenvalue weighted by Gasteiger charge is 2.40. The van der Waals surface area contributed by atoms with Crippen LogP contribution in [-0.2, 0) is 4.79 Å². The first kappa shape index (κ1) is 14.9. The zero-order valence-corrected chi connectivity index (χ0v) is 14.8. The second-order valence-electron chi connectivity index (χ2n) is 6.38. The van der Waals surface area contributed by atoms with Gasteiger partial charge in [0.2, 0.25) is 0 Å². The number of hydrogen-bond donors (Lipinski definition) is 3. The molecule has 25 heavy (non-hydrogen) atoms. The third kappa shape index (κ3) is 2.26. The number of thiophene rings is 2. The molecule has 0 spiro atoms. The monoisotopic (exact) mass is 369 g/mol. The predicted octanol–water partition coefficient (Wildman–Crippen LogP) is 3.78. The summed E-state index contributed by atoms with van der Waals surface area (Å²) in [6.45, 7) is 0. The molecular formula is C18H15N3O2S2. The smallest absolute Gasteiger partial charge is 0.270 e. The maximum atomic E-state index is 13.1. The van der Waals surface area contributed by atoms with Crippen LogP contribution in [0.4, 0.5) is 5.82 Å². The van der Waals surface area contributed by atoms with E-state index in [9.17, 15) is 9.59 Å². The number of rotatable bonds is 2. The molecule has 2 aliphatic rings. The summed E-state index contributed by atoms with van der Waals surface area (Å²) in [5.41, 5.74) is 2.15. The molecule has 0 fully saturated rings. The van der Waals surface area contributed by atoms with E-state index < -0.39 is 0 Å². The van der Waals surface area contributed by atoms with Gasteiger partial charge < -0.3 is 5.32 Å². The zero-order chi connectivity index (χ0) is 17.0. The Hall–Kier alpha value is -2.38. The Morgan fingerprint density at radius 2 is 1.72 bits per heavy atom. The highest BCUT2D eigenvalue weighted by molar-refractivity contribution is 7.10. The van der Waals surface area contributed by atoms with Crippen molar-refractivity contribution < 1.29 is 4.79 Å². The van der Waals surface area contributed by atoms with Crippen molar-refractivity contribution in [1.82, 2.24) is 10.2 Å². The van der Waals surface area contributed by atoms with Gasteiger partial charge in [-0.15, -0.1) is 22.7 Å². The van der Waals surface area contributed by atoms with Gasteiger partial charge in [0.05, 0.1) is 11.5 Å². The molecule has 0 bridgehead atoms. The van der Waals surface area contributed by atoms with Crippen LogP contribution in [0.15, 0.2) is 51.1 Å². The lowest BCUT2D eigenvalue weighted by atomic mass is 9.76. The van der Waals surface area contributed by atoms with Crippen LogP contribution in [0.2, 0.25) is 0 Å². The number of fused-ring (bicyclic) bond motifs is 1. The molecule has 1 aliphatic carbocycles. The number of H-pyrrole nitrogens is 2. The fourth-order valence-corrected chi connectivity index (χ4v) is 5.56. The Kier molecular flexibility index (Phi) is 3.33. The molecule has 3 N–H and O–H groups in total. The second-order valence-corrected chi connectivity index (χ2v) is 8.34. The van der Waals surface area contributed by atoms with Crippen LogP contribution in [0.25, 0.3) is 0 Å². The number of anilines is 1. The molecule has 5 rings (SSSR count). The summed E-state index contributed by atoms with van der Waals surface area (Å²) in [7, 11) is 0. The normalized spacial score (nSPS) is 22.5. The summed E-state index contributed by atoms with van der Waals surface area (Å²) in [5.74, 6) is 0.742. The number of aromatic amines is 2. The van der Waals surface area contributed by atoms with Gasteiger partial charge in [-0.1, -0.05) is 12.1 Å². The largest absolute Gasteiger partial charge is 0.343 e. The minimum atomic E-state index is -0.280. The standard InChI is InChI=1S/C18H15N3O2S2/c22-11-8-9(12-3-1-5-24-12)7-10-14(11)15(13-4-2-6-25-13)16-17(19-10)20-21-18(16)23/h1-6,9,15H,7-8H2,(H3,19,20,21,23). The van der Waals surface area contributed by atoms with Gasteiger partial charge in [-0.3, -0.25) is 19.8 Å². The number of carbonyl (C=O) groups is 1. The van der Waals surface area contributed by atoms with Crippen LogP contribution in [0.1, 0.15) is 40.0 Å². The summed E-state index contributed by atoms with van der Waals surface area (Å²) >= 11 is 3.28. The maximum absolute atomic E-state index is 13.1. The molecule has 2 atom stereocenters. The van der Waals surface area contributed by atoms with Crippen molar-refractivity contribution in [1.29, 1.82) is 0 Å². The molecule has 3 aromatic rings. The van der Waals surface area contributed by atoms with E-state index in [0.29, 0.717) is 17.8 Å². The van der Waals surface area contributed by atoms with Gasteiger partial charge in [-0.05, 0) is 29.3 Å². The summed E-state index contributed by atoms with van der Waals surface area (Å²) in [6, 6.07) is 8.08. The number of carbonyl (C=O) groups excluding carboxylic acids is 1. The quantitative estimate of drug-likeness (QED) is 0.643. The van der Waals surface area contributed by atoms with Crippen LogP contribution in [0.5, 0.6) is 0 Å². The van der Waals surface area contributed by atoms with Gasteiger partial charge >= 0.3 is 0 Å². The molecule has 0 saturated carbocycles. The molecule has 0 saturated heterocycles. The molecule has 0 aromatic carbocycles. The van der Waals surface area contributed by atoms with Gasteiger partial charge in [0.25, 0.3) is 5.56 Å². The highest BCUT2D eigenvalue weighted by atomic mass is 32.1. The van der Waals surface area contributed by atoms with Gasteiger partial charge in [0, 0.05) is 33.4 Å². The molecule has 0 radical (unpaired) electrons. The van der Waals surface area contributed by atoms with Crippen molar-refractivity contribution in [2.24, 2.45) is 0 Å². The number of ketones is 1. The van der Waals surface area contributed by atoms with Crippen LogP contribution >= 0.6 is 22.7 Å². The average Bonchev–Trinajstić information content (AvgIpc) is 3.36. The molecule has 2 unspecified atom stereocenters. The number of hydrogen-bond acceptors (Lipinski definition) is 5. The number of Topliss-reactive ketones (excluding diaryl/α,β-unsaturated/α-hetero) is 1. The van der Waals surface area contributed by atoms with Crippen molar-refractivity contribution in [2.45, 2.75) is 24.7 Å². The van der Waals surface area contributed by atoms with Crippen molar-refractivity contribution in [3.8, 4) is 0 Å². The summed E-state index contributed by atoms with van der Waals surface area (Å²) in [6.07, 6.45) is 1.29. The number of aromatic nitrogens is 2. The van der Waals surface area contributed by atoms with E-state index in [-0.39, 0.29) is 23.2 Å². The third-order valence-electron chi connectivity index (χ3n) is 4.95. The topological polar surface area (TPSA) is 77.8 Å². The fourth-order valence-electron chi connectivity index (χ4n) is 3.89. The Balaban J connectivity index is 1.66. The van der Waals surface area contributed by atoms with E-state index in [1.165, 1.54) is 4.88 Å². The summed E-state index contributed by atoms with van der Waals surface area (Å²) < 4.78 is 0.